The van der Waals surface area contributed by atoms with Crippen molar-refractivity contribution >= 4 is 50.2 Å². The van der Waals surface area contributed by atoms with Gasteiger partial charge in [0.05, 0.1) is 31.9 Å². The first-order chi connectivity index (χ1) is 21.7. The van der Waals surface area contributed by atoms with Gasteiger partial charge in [-0.25, -0.2) is 18.0 Å². The Kier molecular flexibility index (Phi) is 10.8. The molecule has 1 saturated heterocycles. The molecule has 4 rings (SSSR count). The summed E-state index contributed by atoms with van der Waals surface area (Å²) in [6, 6.07) is 9.93. The first kappa shape index (κ1) is 34.5. The van der Waals surface area contributed by atoms with Gasteiger partial charge in [0.25, 0.3) is 17.6 Å². The number of anilines is 2. The van der Waals surface area contributed by atoms with Crippen LogP contribution in [0.2, 0.25) is 0 Å². The number of aromatic nitrogens is 2. The molecule has 46 heavy (non-hydrogen) atoms. The predicted octanol–water partition coefficient (Wildman–Crippen LogP) is -0.755. The van der Waals surface area contributed by atoms with Gasteiger partial charge in [-0.1, -0.05) is 17.3 Å². The minimum Gasteiger partial charge on any atom is -0.724 e. The van der Waals surface area contributed by atoms with Crippen molar-refractivity contribution in [3.63, 3.8) is 0 Å². The van der Waals surface area contributed by atoms with Crippen LogP contribution in [0.4, 0.5) is 10.9 Å². The van der Waals surface area contributed by atoms with Gasteiger partial charge in [-0.05, 0) is 37.6 Å². The van der Waals surface area contributed by atoms with Crippen LogP contribution in [0.5, 0.6) is 5.75 Å². The molecule has 17 nitrogen and oxygen atoms in total. The molecule has 2 aromatic heterocycles. The first-order valence-electron chi connectivity index (χ1n) is 13.8. The highest BCUT2D eigenvalue weighted by atomic mass is 32.3. The van der Waals surface area contributed by atoms with E-state index in [2.05, 4.69) is 25.1 Å². The first-order valence-corrected chi connectivity index (χ1v) is 16.0. The summed E-state index contributed by atoms with van der Waals surface area (Å²) >= 11 is 1.02. The van der Waals surface area contributed by atoms with Gasteiger partial charge in [0, 0.05) is 23.6 Å². The highest BCUT2D eigenvalue weighted by molar-refractivity contribution is 7.80. The molecule has 1 aromatic carbocycles. The summed E-state index contributed by atoms with van der Waals surface area (Å²) in [6.45, 7) is 3.26. The van der Waals surface area contributed by atoms with Crippen LogP contribution in [0.25, 0.3) is 11.1 Å². The van der Waals surface area contributed by atoms with Crippen molar-refractivity contribution in [3.05, 3.63) is 53.7 Å². The number of rotatable bonds is 15. The number of hydroxylamine groups is 2. The molecular formula is C27H34N8O9S2. The minimum atomic E-state index is -5.23. The van der Waals surface area contributed by atoms with Gasteiger partial charge >= 0.3 is 0 Å². The molecule has 7 N–H and O–H groups in total. The standard InChI is InChI=1S/C27H34N8O9S2/c1-27(2)23(25(38)35(27)44-46(39,40)41)32-24(37)22(20-15-45-26(29)31-20)33-43-19(13-36)14-42-18-7-4-16(5-8-18)17-6-9-21(30-11-10-28)34(3)12-17/h4-9,12,15,19,23,36H,10-11,13-14,28H2,1-3H3,(H4,29,31,32,37,39,40,41)/b33-22-/t19?,23-/m1/s1. The van der Waals surface area contributed by atoms with E-state index in [1.54, 1.807) is 12.1 Å². The normalized spacial score (nSPS) is 16.8. The summed E-state index contributed by atoms with van der Waals surface area (Å²) in [5, 5.41) is 21.3. The Morgan fingerprint density at radius 3 is 2.52 bits per heavy atom. The van der Waals surface area contributed by atoms with Gasteiger partial charge in [-0.2, -0.15) is 9.35 Å². The zero-order chi connectivity index (χ0) is 33.6. The van der Waals surface area contributed by atoms with Crippen molar-refractivity contribution in [3.8, 4) is 16.9 Å². The van der Waals surface area contributed by atoms with Crippen molar-refractivity contribution < 1.29 is 46.1 Å². The molecule has 3 aromatic rings. The second-order valence-electron chi connectivity index (χ2n) is 10.6. The summed E-state index contributed by atoms with van der Waals surface area (Å²) in [7, 11) is -3.30. The van der Waals surface area contributed by atoms with Gasteiger partial charge in [-0.3, -0.25) is 14.9 Å². The fourth-order valence-corrected chi connectivity index (χ4v) is 5.35. The Labute approximate surface area is 268 Å². The Bertz CT molecular complexity index is 1700. The average molecular weight is 679 g/mol. The lowest BCUT2D eigenvalue weighted by molar-refractivity contribution is -0.656. The molecule has 3 heterocycles. The number of ether oxygens (including phenoxy) is 1. The molecule has 0 aliphatic carbocycles. The fourth-order valence-electron chi connectivity index (χ4n) is 4.36. The summed E-state index contributed by atoms with van der Waals surface area (Å²) < 4.78 is 44.9. The number of thiazole rings is 1. The van der Waals surface area contributed by atoms with E-state index in [4.69, 9.17) is 21.0 Å². The lowest BCUT2D eigenvalue weighted by Crippen LogP contribution is -2.76. The molecule has 1 aliphatic heterocycles. The number of nitrogens with zero attached hydrogens (tertiary/aromatic N) is 4. The number of nitrogens with one attached hydrogen (secondary N) is 2. The van der Waals surface area contributed by atoms with Crippen LogP contribution < -0.4 is 31.4 Å². The summed E-state index contributed by atoms with van der Waals surface area (Å²) in [6.07, 6.45) is 0.966. The third-order valence-electron chi connectivity index (χ3n) is 6.80. The minimum absolute atomic E-state index is 0.0182. The second-order valence-corrected chi connectivity index (χ2v) is 12.4. The van der Waals surface area contributed by atoms with Crippen LogP contribution >= 0.6 is 11.3 Å². The topological polar surface area (TPSA) is 248 Å². The quantitative estimate of drug-likeness (QED) is 0.0332. The van der Waals surface area contributed by atoms with E-state index in [9.17, 15) is 27.7 Å². The predicted molar refractivity (Wildman–Crippen MR) is 165 cm³/mol. The SMILES string of the molecule is C[n+]1cc(-c2ccc(OCC(CO)O/N=C(\C(=O)N[C@@H]3C(=O)N(OS(=O)(=O)[O-])C3(C)C)c3csc(N)n3)cc2)ccc1NCCN. The lowest BCUT2D eigenvalue weighted by Gasteiger charge is -2.51. The number of amides is 2. The second kappa shape index (κ2) is 14.4. The number of aliphatic hydroxyl groups is 1. The smallest absolute Gasteiger partial charge is 0.276 e. The Hall–Kier alpha value is -4.40. The number of carbonyl (C=O) groups excluding carboxylic acids is 2. The van der Waals surface area contributed by atoms with Crippen molar-refractivity contribution in [2.75, 3.05) is 37.4 Å². The molecule has 0 bridgehead atoms. The van der Waals surface area contributed by atoms with Crippen molar-refractivity contribution in [1.82, 2.24) is 15.4 Å². The number of nitrogens with two attached hydrogens (primary N) is 2. The van der Waals surface area contributed by atoms with E-state index < -0.39 is 46.5 Å². The van der Waals surface area contributed by atoms with Crippen LogP contribution in [0, 0.1) is 0 Å². The van der Waals surface area contributed by atoms with Gasteiger partial charge < -0.3 is 36.0 Å². The molecule has 2 amide bonds. The van der Waals surface area contributed by atoms with E-state index in [0.29, 0.717) is 23.9 Å². The number of benzene rings is 1. The maximum absolute atomic E-state index is 13.2. The monoisotopic (exact) mass is 678 g/mol. The van der Waals surface area contributed by atoms with Crippen molar-refractivity contribution in [2.24, 2.45) is 17.9 Å². The Morgan fingerprint density at radius 1 is 1.26 bits per heavy atom. The number of aliphatic hydroxyl groups excluding tert-OH is 1. The van der Waals surface area contributed by atoms with E-state index >= 15 is 0 Å². The van der Waals surface area contributed by atoms with Gasteiger partial charge in [0.15, 0.2) is 16.9 Å². The molecule has 1 unspecified atom stereocenters. The van der Waals surface area contributed by atoms with Gasteiger partial charge in [0.1, 0.15) is 24.1 Å². The van der Waals surface area contributed by atoms with Crippen LogP contribution in [-0.2, 0) is 36.2 Å². The zero-order valence-electron chi connectivity index (χ0n) is 25.1. The molecule has 2 atom stereocenters. The van der Waals surface area contributed by atoms with Crippen LogP contribution in [-0.4, -0.2) is 89.6 Å². The third kappa shape index (κ3) is 8.24. The number of aryl methyl sites for hydroxylation is 1. The number of hydrogen-bond acceptors (Lipinski definition) is 15. The van der Waals surface area contributed by atoms with Gasteiger partial charge in [-0.15, -0.1) is 11.3 Å². The number of carbonyl (C=O) groups is 2. The lowest BCUT2D eigenvalue weighted by atomic mass is 9.84. The number of pyridine rings is 1. The Morgan fingerprint density at radius 2 is 1.96 bits per heavy atom. The van der Waals surface area contributed by atoms with E-state index in [0.717, 1.165) is 28.3 Å². The molecule has 19 heteroatoms. The van der Waals surface area contributed by atoms with Gasteiger partial charge in [0.2, 0.25) is 10.4 Å². The number of nitrogen functional groups attached to an aromatic ring is 1. The Balaban J connectivity index is 1.41. The van der Waals surface area contributed by atoms with Crippen LogP contribution in [0.1, 0.15) is 19.5 Å². The number of hydrogen-bond donors (Lipinski definition) is 5. The van der Waals surface area contributed by atoms with E-state index in [1.165, 1.54) is 19.2 Å². The maximum atomic E-state index is 13.2. The number of β-lactam (4-membered cyclic amide) rings is 1. The molecule has 1 fully saturated rings. The van der Waals surface area contributed by atoms with Crippen molar-refractivity contribution in [2.45, 2.75) is 31.5 Å². The summed E-state index contributed by atoms with van der Waals surface area (Å²) in [5.74, 6) is -0.482. The molecular weight excluding hydrogens is 644 g/mol. The highest BCUT2D eigenvalue weighted by Gasteiger charge is 2.57. The van der Waals surface area contributed by atoms with E-state index in [1.807, 2.05) is 42.1 Å². The summed E-state index contributed by atoms with van der Waals surface area (Å²) in [5.41, 5.74) is 11.4. The molecule has 0 saturated carbocycles. The van der Waals surface area contributed by atoms with Crippen molar-refractivity contribution in [1.29, 1.82) is 0 Å². The fraction of sp³-hybridized carbons (Fsp3) is 0.370. The number of oxime groups is 1. The highest BCUT2D eigenvalue weighted by Crippen LogP contribution is 2.33. The van der Waals surface area contributed by atoms with E-state index in [-0.39, 0.29) is 23.1 Å². The molecule has 248 valence electrons. The summed E-state index contributed by atoms with van der Waals surface area (Å²) in [4.78, 5) is 35.1. The third-order valence-corrected chi connectivity index (χ3v) is 7.81. The molecule has 0 radical (unpaired) electrons. The average Bonchev–Trinajstić information content (AvgIpc) is 3.44. The zero-order valence-corrected chi connectivity index (χ0v) is 26.7. The largest absolute Gasteiger partial charge is 0.724 e. The maximum Gasteiger partial charge on any atom is 0.276 e. The van der Waals surface area contributed by atoms with Crippen LogP contribution in [0.15, 0.2) is 53.1 Å². The molecule has 0 spiro atoms. The van der Waals surface area contributed by atoms with Crippen LogP contribution in [0.3, 0.4) is 0 Å². The molecule has 1 aliphatic rings.